The van der Waals surface area contributed by atoms with Gasteiger partial charge < -0.3 is 5.32 Å². The lowest BCUT2D eigenvalue weighted by atomic mass is 9.76. The molecule has 1 nitrogen and oxygen atoms in total. The molecule has 20 heavy (non-hydrogen) atoms. The molecule has 0 unspecified atom stereocenters. The second-order valence-corrected chi connectivity index (χ2v) is 5.62. The molecule has 0 aromatic heterocycles. The van der Waals surface area contributed by atoms with Crippen LogP contribution in [0.4, 0.5) is 10.1 Å². The number of anilines is 1. The summed E-state index contributed by atoms with van der Waals surface area (Å²) in [5.41, 5.74) is 3.84. The van der Waals surface area contributed by atoms with Crippen molar-refractivity contribution in [2.75, 3.05) is 5.32 Å². The average molecular weight is 269 g/mol. The fourth-order valence-corrected chi connectivity index (χ4v) is 2.86. The van der Waals surface area contributed by atoms with E-state index in [2.05, 4.69) is 36.5 Å². The van der Waals surface area contributed by atoms with E-state index in [4.69, 9.17) is 0 Å². The lowest BCUT2D eigenvalue weighted by molar-refractivity contribution is 0.374. The van der Waals surface area contributed by atoms with Gasteiger partial charge in [0, 0.05) is 11.7 Å². The third kappa shape index (κ3) is 2.84. The van der Waals surface area contributed by atoms with Crippen molar-refractivity contribution in [1.29, 1.82) is 0 Å². The summed E-state index contributed by atoms with van der Waals surface area (Å²) in [5.74, 6) is 0.418. The van der Waals surface area contributed by atoms with Gasteiger partial charge in [0.1, 0.15) is 5.82 Å². The summed E-state index contributed by atoms with van der Waals surface area (Å²) >= 11 is 0. The summed E-state index contributed by atoms with van der Waals surface area (Å²) in [6.45, 7) is 2.17. The van der Waals surface area contributed by atoms with E-state index in [0.29, 0.717) is 12.0 Å². The predicted octanol–water partition coefficient (Wildman–Crippen LogP) is 4.75. The standard InChI is InChI=1S/C18H20FN/c1-2-13-4-3-5-17(10-13)20-18-11-15(12-18)14-6-8-16(19)9-7-14/h3-10,15,18,20H,2,11-12H2,1H3. The molecule has 2 heteroatoms. The van der Waals surface area contributed by atoms with E-state index in [1.807, 2.05) is 12.1 Å². The zero-order valence-corrected chi connectivity index (χ0v) is 11.8. The topological polar surface area (TPSA) is 12.0 Å². The number of hydrogen-bond acceptors (Lipinski definition) is 1. The number of halogens is 1. The van der Waals surface area contributed by atoms with Gasteiger partial charge in [0.15, 0.2) is 0 Å². The Hall–Kier alpha value is -1.83. The van der Waals surface area contributed by atoms with Gasteiger partial charge in [-0.15, -0.1) is 0 Å². The Bertz CT molecular complexity index is 570. The van der Waals surface area contributed by atoms with Gasteiger partial charge in [0.2, 0.25) is 0 Å². The molecule has 1 N–H and O–H groups in total. The molecule has 1 aliphatic rings. The fourth-order valence-electron chi connectivity index (χ4n) is 2.86. The van der Waals surface area contributed by atoms with E-state index < -0.39 is 0 Å². The molecule has 0 amide bonds. The summed E-state index contributed by atoms with van der Waals surface area (Å²) in [6.07, 6.45) is 3.32. The number of benzene rings is 2. The predicted molar refractivity (Wildman–Crippen MR) is 81.6 cm³/mol. The Kier molecular flexibility index (Phi) is 3.72. The van der Waals surface area contributed by atoms with Crippen LogP contribution in [-0.2, 0) is 6.42 Å². The molecular weight excluding hydrogens is 249 g/mol. The monoisotopic (exact) mass is 269 g/mol. The van der Waals surface area contributed by atoms with Crippen molar-refractivity contribution >= 4 is 5.69 Å². The largest absolute Gasteiger partial charge is 0.382 e. The molecule has 1 fully saturated rings. The van der Waals surface area contributed by atoms with Gasteiger partial charge in [-0.3, -0.25) is 0 Å². The lowest BCUT2D eigenvalue weighted by Crippen LogP contribution is -2.34. The first kappa shape index (κ1) is 13.2. The molecule has 0 radical (unpaired) electrons. The van der Waals surface area contributed by atoms with Gasteiger partial charge in [-0.25, -0.2) is 4.39 Å². The van der Waals surface area contributed by atoms with Crippen LogP contribution in [0.3, 0.4) is 0 Å². The first-order chi connectivity index (χ1) is 9.74. The van der Waals surface area contributed by atoms with Gasteiger partial charge in [-0.2, -0.15) is 0 Å². The van der Waals surface area contributed by atoms with E-state index in [1.165, 1.54) is 16.8 Å². The summed E-state index contributed by atoms with van der Waals surface area (Å²) in [5, 5.41) is 3.59. The highest BCUT2D eigenvalue weighted by Gasteiger charge is 2.30. The molecule has 104 valence electrons. The van der Waals surface area contributed by atoms with Gasteiger partial charge in [0.05, 0.1) is 0 Å². The molecular formula is C18H20FN. The fraction of sp³-hybridized carbons (Fsp3) is 0.333. The van der Waals surface area contributed by atoms with Crippen LogP contribution in [0.15, 0.2) is 48.5 Å². The molecule has 0 saturated heterocycles. The van der Waals surface area contributed by atoms with E-state index in [1.54, 1.807) is 12.1 Å². The second kappa shape index (κ2) is 5.66. The SMILES string of the molecule is CCc1cccc(NC2CC(c3ccc(F)cc3)C2)c1. The number of nitrogens with one attached hydrogen (secondary N) is 1. The van der Waals surface area contributed by atoms with Crippen LogP contribution in [0.1, 0.15) is 36.8 Å². The Labute approximate surface area is 119 Å². The van der Waals surface area contributed by atoms with Crippen LogP contribution in [0.25, 0.3) is 0 Å². The quantitative estimate of drug-likeness (QED) is 0.845. The molecule has 0 aliphatic heterocycles. The smallest absolute Gasteiger partial charge is 0.123 e. The zero-order chi connectivity index (χ0) is 13.9. The number of hydrogen-bond donors (Lipinski definition) is 1. The molecule has 0 heterocycles. The maximum Gasteiger partial charge on any atom is 0.123 e. The third-order valence-corrected chi connectivity index (χ3v) is 4.19. The van der Waals surface area contributed by atoms with Crippen molar-refractivity contribution in [1.82, 2.24) is 0 Å². The zero-order valence-electron chi connectivity index (χ0n) is 11.8. The molecule has 0 atom stereocenters. The highest BCUT2D eigenvalue weighted by molar-refractivity contribution is 5.47. The Morgan fingerprint density at radius 2 is 1.85 bits per heavy atom. The second-order valence-electron chi connectivity index (χ2n) is 5.62. The van der Waals surface area contributed by atoms with Crippen LogP contribution < -0.4 is 5.32 Å². The van der Waals surface area contributed by atoms with Gasteiger partial charge in [-0.05, 0) is 60.6 Å². The molecule has 0 spiro atoms. The van der Waals surface area contributed by atoms with Crippen molar-refractivity contribution in [2.24, 2.45) is 0 Å². The summed E-state index contributed by atoms with van der Waals surface area (Å²) < 4.78 is 12.9. The molecule has 1 aliphatic carbocycles. The Morgan fingerprint density at radius 1 is 1.10 bits per heavy atom. The summed E-state index contributed by atoms with van der Waals surface area (Å²) in [7, 11) is 0. The third-order valence-electron chi connectivity index (χ3n) is 4.19. The average Bonchev–Trinajstić information content (AvgIpc) is 2.44. The minimum Gasteiger partial charge on any atom is -0.382 e. The van der Waals surface area contributed by atoms with E-state index >= 15 is 0 Å². The van der Waals surface area contributed by atoms with E-state index in [9.17, 15) is 4.39 Å². The Morgan fingerprint density at radius 3 is 2.55 bits per heavy atom. The van der Waals surface area contributed by atoms with Crippen LogP contribution in [0, 0.1) is 5.82 Å². The lowest BCUT2D eigenvalue weighted by Gasteiger charge is -2.37. The summed E-state index contributed by atoms with van der Waals surface area (Å²) in [6, 6.07) is 16.1. The molecule has 2 aromatic carbocycles. The van der Waals surface area contributed by atoms with Crippen LogP contribution in [0.2, 0.25) is 0 Å². The van der Waals surface area contributed by atoms with E-state index in [-0.39, 0.29) is 5.82 Å². The van der Waals surface area contributed by atoms with Gasteiger partial charge >= 0.3 is 0 Å². The molecule has 0 bridgehead atoms. The Balaban J connectivity index is 1.56. The molecule has 3 rings (SSSR count). The van der Waals surface area contributed by atoms with Crippen molar-refractivity contribution in [3.05, 3.63) is 65.5 Å². The van der Waals surface area contributed by atoms with Gasteiger partial charge in [0.25, 0.3) is 0 Å². The van der Waals surface area contributed by atoms with Crippen molar-refractivity contribution in [2.45, 2.75) is 38.1 Å². The number of aryl methyl sites for hydroxylation is 1. The van der Waals surface area contributed by atoms with Crippen LogP contribution in [0.5, 0.6) is 0 Å². The normalized spacial score (nSPS) is 21.3. The van der Waals surface area contributed by atoms with Crippen molar-refractivity contribution in [3.63, 3.8) is 0 Å². The maximum absolute atomic E-state index is 12.9. The van der Waals surface area contributed by atoms with Crippen molar-refractivity contribution < 1.29 is 4.39 Å². The maximum atomic E-state index is 12.9. The van der Waals surface area contributed by atoms with Crippen LogP contribution >= 0.6 is 0 Å². The first-order valence-electron chi connectivity index (χ1n) is 7.35. The van der Waals surface area contributed by atoms with Crippen molar-refractivity contribution in [3.8, 4) is 0 Å². The van der Waals surface area contributed by atoms with Gasteiger partial charge in [-0.1, -0.05) is 31.2 Å². The highest BCUT2D eigenvalue weighted by atomic mass is 19.1. The molecule has 2 aromatic rings. The molecule has 1 saturated carbocycles. The summed E-state index contributed by atoms with van der Waals surface area (Å²) in [4.78, 5) is 0. The minimum atomic E-state index is -0.154. The first-order valence-corrected chi connectivity index (χ1v) is 7.35. The number of rotatable bonds is 4. The van der Waals surface area contributed by atoms with E-state index in [0.717, 1.165) is 19.3 Å². The highest BCUT2D eigenvalue weighted by Crippen LogP contribution is 2.38. The van der Waals surface area contributed by atoms with Crippen LogP contribution in [-0.4, -0.2) is 6.04 Å². The minimum absolute atomic E-state index is 0.154.